The summed E-state index contributed by atoms with van der Waals surface area (Å²) in [6, 6.07) is 1.16. The second kappa shape index (κ2) is 12.9. The van der Waals surface area contributed by atoms with Gasteiger partial charge in [0.15, 0.2) is 0 Å². The fourth-order valence-electron chi connectivity index (χ4n) is 2.95. The number of hydrogen-bond donors (Lipinski definition) is 1. The molecule has 0 bridgehead atoms. The summed E-state index contributed by atoms with van der Waals surface area (Å²) < 4.78 is 0.802. The van der Waals surface area contributed by atoms with Crippen LogP contribution in [0.1, 0.15) is 91.9 Å². The van der Waals surface area contributed by atoms with E-state index in [0.717, 1.165) is 4.32 Å². The lowest BCUT2D eigenvalue weighted by atomic mass is 9.99. The van der Waals surface area contributed by atoms with Crippen LogP contribution in [0.2, 0.25) is 0 Å². The second-order valence-electron chi connectivity index (χ2n) is 5.81. The van der Waals surface area contributed by atoms with Crippen LogP contribution in [-0.2, 0) is 0 Å². The fourth-order valence-corrected chi connectivity index (χ4v) is 3.57. The van der Waals surface area contributed by atoms with Crippen molar-refractivity contribution in [2.24, 2.45) is 0 Å². The Hall–Kier alpha value is 0.240. The summed E-state index contributed by atoms with van der Waals surface area (Å²) in [5.74, 6) is 0. The summed E-state index contributed by atoms with van der Waals surface area (Å²) in [7, 11) is 0. The average molecular weight is 318 g/mol. The van der Waals surface area contributed by atoms with Gasteiger partial charge in [0.25, 0.3) is 0 Å². The Kier molecular flexibility index (Phi) is 13.1. The van der Waals surface area contributed by atoms with E-state index < -0.39 is 0 Å². The van der Waals surface area contributed by atoms with Gasteiger partial charge in [-0.2, -0.15) is 0 Å². The molecule has 2 unspecified atom stereocenters. The molecule has 0 aromatic carbocycles. The highest BCUT2D eigenvalue weighted by atomic mass is 32.1. The van der Waals surface area contributed by atoms with E-state index in [2.05, 4.69) is 45.2 Å². The number of thiol groups is 1. The maximum absolute atomic E-state index is 5.45. The Balaban J connectivity index is 4.64. The van der Waals surface area contributed by atoms with Crippen molar-refractivity contribution in [3.05, 3.63) is 0 Å². The first-order valence-corrected chi connectivity index (χ1v) is 9.48. The van der Waals surface area contributed by atoms with Crippen molar-refractivity contribution in [3.8, 4) is 0 Å². The first-order chi connectivity index (χ1) is 9.62. The van der Waals surface area contributed by atoms with Crippen molar-refractivity contribution in [3.63, 3.8) is 0 Å². The number of nitrogens with zero attached hydrogens (tertiary/aromatic N) is 1. The first kappa shape index (κ1) is 20.2. The molecule has 0 aromatic heterocycles. The number of hydrogen-bond acceptors (Lipinski definition) is 1. The molecule has 0 heterocycles. The minimum absolute atomic E-state index is 0.582. The largest absolute Gasteiger partial charge is 0.352 e. The lowest BCUT2D eigenvalue weighted by Gasteiger charge is -2.38. The average Bonchev–Trinajstić information content (AvgIpc) is 2.44. The van der Waals surface area contributed by atoms with Crippen LogP contribution in [0.15, 0.2) is 0 Å². The van der Waals surface area contributed by atoms with Crippen LogP contribution >= 0.6 is 24.8 Å². The molecule has 0 aliphatic carbocycles. The predicted molar refractivity (Wildman–Crippen MR) is 99.9 cm³/mol. The van der Waals surface area contributed by atoms with E-state index in [0.29, 0.717) is 12.1 Å². The number of rotatable bonds is 12. The smallest absolute Gasteiger partial charge is 0.133 e. The first-order valence-electron chi connectivity index (χ1n) is 8.63. The molecule has 2 atom stereocenters. The van der Waals surface area contributed by atoms with Crippen LogP contribution in [0.5, 0.6) is 0 Å². The van der Waals surface area contributed by atoms with Crippen molar-refractivity contribution in [2.45, 2.75) is 104 Å². The topological polar surface area (TPSA) is 3.24 Å². The molecule has 0 aliphatic heterocycles. The Morgan fingerprint density at radius 3 is 1.50 bits per heavy atom. The van der Waals surface area contributed by atoms with Gasteiger partial charge >= 0.3 is 0 Å². The van der Waals surface area contributed by atoms with E-state index in [-0.39, 0.29) is 0 Å². The molecule has 0 N–H and O–H groups in total. The third-order valence-corrected chi connectivity index (χ3v) is 4.67. The molecule has 0 aromatic rings. The Labute approximate surface area is 138 Å². The lowest BCUT2D eigenvalue weighted by Crippen LogP contribution is -2.44. The molecule has 0 fully saturated rings. The minimum atomic E-state index is 0.582. The van der Waals surface area contributed by atoms with Gasteiger partial charge in [-0.25, -0.2) is 0 Å². The van der Waals surface area contributed by atoms with E-state index in [9.17, 15) is 0 Å². The summed E-state index contributed by atoms with van der Waals surface area (Å²) in [5.41, 5.74) is 0. The molecule has 0 aliphatic rings. The molecule has 0 rings (SSSR count). The normalized spacial score (nSPS) is 14.1. The standard InChI is InChI=1S/C17H35NS2/c1-5-9-11-13-15(7-3)18(17(19)20)16(8-4)14-12-10-6-2/h15-16H,5-14H2,1-4H3,(H,19,20). The van der Waals surface area contributed by atoms with Crippen molar-refractivity contribution in [1.82, 2.24) is 4.90 Å². The van der Waals surface area contributed by atoms with Crippen molar-refractivity contribution in [2.75, 3.05) is 0 Å². The van der Waals surface area contributed by atoms with E-state index in [4.69, 9.17) is 12.2 Å². The summed E-state index contributed by atoms with van der Waals surface area (Å²) in [6.07, 6.45) is 12.7. The lowest BCUT2D eigenvalue weighted by molar-refractivity contribution is 0.205. The Morgan fingerprint density at radius 2 is 1.25 bits per heavy atom. The summed E-state index contributed by atoms with van der Waals surface area (Å²) in [4.78, 5) is 2.45. The van der Waals surface area contributed by atoms with Gasteiger partial charge in [0.1, 0.15) is 4.32 Å². The van der Waals surface area contributed by atoms with Crippen molar-refractivity contribution >= 4 is 29.2 Å². The van der Waals surface area contributed by atoms with Crippen LogP contribution < -0.4 is 0 Å². The zero-order valence-corrected chi connectivity index (χ0v) is 15.7. The summed E-state index contributed by atoms with van der Waals surface area (Å²) in [6.45, 7) is 9.10. The molecular formula is C17H35NS2. The monoisotopic (exact) mass is 317 g/mol. The van der Waals surface area contributed by atoms with Crippen LogP contribution in [-0.4, -0.2) is 21.3 Å². The van der Waals surface area contributed by atoms with Gasteiger partial charge in [-0.3, -0.25) is 0 Å². The van der Waals surface area contributed by atoms with Gasteiger partial charge < -0.3 is 4.90 Å². The maximum atomic E-state index is 5.45. The molecule has 0 saturated carbocycles. The molecule has 1 nitrogen and oxygen atoms in total. The zero-order valence-electron chi connectivity index (χ0n) is 14.0. The highest BCUT2D eigenvalue weighted by Gasteiger charge is 2.24. The quantitative estimate of drug-likeness (QED) is 0.258. The highest BCUT2D eigenvalue weighted by Crippen LogP contribution is 2.23. The molecule has 120 valence electrons. The van der Waals surface area contributed by atoms with Gasteiger partial charge in [-0.15, -0.1) is 12.6 Å². The van der Waals surface area contributed by atoms with Crippen LogP contribution in [0, 0.1) is 0 Å². The molecule has 0 radical (unpaired) electrons. The van der Waals surface area contributed by atoms with Gasteiger partial charge in [0, 0.05) is 12.1 Å². The predicted octanol–water partition coefficient (Wildman–Crippen LogP) is 6.22. The van der Waals surface area contributed by atoms with Gasteiger partial charge in [-0.1, -0.05) is 78.4 Å². The van der Waals surface area contributed by atoms with Crippen LogP contribution in [0.25, 0.3) is 0 Å². The third-order valence-electron chi connectivity index (χ3n) is 4.23. The molecule has 0 amide bonds. The number of thiocarbonyl (C=S) groups is 1. The number of unbranched alkanes of at least 4 members (excludes halogenated alkanes) is 4. The molecule has 3 heteroatoms. The van der Waals surface area contributed by atoms with E-state index >= 15 is 0 Å². The van der Waals surface area contributed by atoms with Gasteiger partial charge in [0.2, 0.25) is 0 Å². The van der Waals surface area contributed by atoms with E-state index in [1.54, 1.807) is 0 Å². The molecular weight excluding hydrogens is 282 g/mol. The summed E-state index contributed by atoms with van der Waals surface area (Å²) in [5, 5.41) is 0. The summed E-state index contributed by atoms with van der Waals surface area (Å²) >= 11 is 9.98. The zero-order chi connectivity index (χ0) is 15.4. The Morgan fingerprint density at radius 1 is 0.850 bits per heavy atom. The molecule has 0 spiro atoms. The van der Waals surface area contributed by atoms with E-state index in [1.165, 1.54) is 64.2 Å². The van der Waals surface area contributed by atoms with Crippen molar-refractivity contribution in [1.29, 1.82) is 0 Å². The third kappa shape index (κ3) is 7.87. The SMILES string of the molecule is CCCCCC(CC)N(C(=S)S)C(CC)CCCCC. The van der Waals surface area contributed by atoms with E-state index in [1.807, 2.05) is 0 Å². The van der Waals surface area contributed by atoms with Crippen LogP contribution in [0.4, 0.5) is 0 Å². The van der Waals surface area contributed by atoms with Crippen molar-refractivity contribution < 1.29 is 0 Å². The van der Waals surface area contributed by atoms with Gasteiger partial charge in [-0.05, 0) is 25.7 Å². The van der Waals surface area contributed by atoms with Crippen LogP contribution in [0.3, 0.4) is 0 Å². The maximum Gasteiger partial charge on any atom is 0.133 e. The second-order valence-corrected chi connectivity index (χ2v) is 6.92. The molecule has 20 heavy (non-hydrogen) atoms. The highest BCUT2D eigenvalue weighted by molar-refractivity contribution is 8.10. The fraction of sp³-hybridized carbons (Fsp3) is 0.941. The Bertz CT molecular complexity index is 225. The minimum Gasteiger partial charge on any atom is -0.352 e. The van der Waals surface area contributed by atoms with Gasteiger partial charge in [0.05, 0.1) is 0 Å². The molecule has 0 saturated heterocycles.